The normalized spacial score (nSPS) is 12.5. The number of rotatable bonds is 4. The molecule has 0 saturated heterocycles. The van der Waals surface area contributed by atoms with Crippen LogP contribution in [0, 0.1) is 0 Å². The van der Waals surface area contributed by atoms with Crippen LogP contribution in [0.5, 0.6) is 0 Å². The van der Waals surface area contributed by atoms with Crippen LogP contribution in [0.2, 0.25) is 0 Å². The molecule has 1 aromatic carbocycles. The zero-order valence-corrected chi connectivity index (χ0v) is 8.29. The summed E-state index contributed by atoms with van der Waals surface area (Å²) >= 11 is 0. The van der Waals surface area contributed by atoms with Gasteiger partial charge in [0.15, 0.2) is 0 Å². The van der Waals surface area contributed by atoms with Gasteiger partial charge in [-0.05, 0) is 19.4 Å². The van der Waals surface area contributed by atoms with Gasteiger partial charge in [-0.1, -0.05) is 42.5 Å². The third kappa shape index (κ3) is 3.43. The molecule has 1 rings (SSSR count). The van der Waals surface area contributed by atoms with Gasteiger partial charge in [0.1, 0.15) is 0 Å². The summed E-state index contributed by atoms with van der Waals surface area (Å²) in [4.78, 5) is 0. The fourth-order valence-corrected chi connectivity index (χ4v) is 0.938. The highest BCUT2D eigenvalue weighted by Crippen LogP contribution is 2.07. The molecule has 0 bridgehead atoms. The highest BCUT2D eigenvalue weighted by molar-refractivity contribution is 5.13. The lowest BCUT2D eigenvalue weighted by Gasteiger charge is -2.12. The second-order valence-electron chi connectivity index (χ2n) is 3.29. The molecule has 0 N–H and O–H groups in total. The molecule has 0 fully saturated rings. The zero-order chi connectivity index (χ0) is 9.68. The molecule has 0 radical (unpaired) electrons. The molecular weight excluding hydrogens is 160 g/mol. The quantitative estimate of drug-likeness (QED) is 0.640. The Morgan fingerprint density at radius 2 is 2.00 bits per heavy atom. The maximum Gasteiger partial charge on any atom is 0.0756 e. The highest BCUT2D eigenvalue weighted by atomic mass is 16.5. The largest absolute Gasteiger partial charge is 0.370 e. The Bertz CT molecular complexity index is 264. The fraction of sp³-hybridized carbons (Fsp3) is 0.333. The van der Waals surface area contributed by atoms with Gasteiger partial charge >= 0.3 is 0 Å². The molecule has 1 aromatic rings. The van der Waals surface area contributed by atoms with Crippen molar-refractivity contribution in [3.05, 3.63) is 48.0 Å². The molecule has 0 heterocycles. The summed E-state index contributed by atoms with van der Waals surface area (Å²) in [6.07, 6.45) is 0.139. The third-order valence-electron chi connectivity index (χ3n) is 2.04. The lowest BCUT2D eigenvalue weighted by atomic mass is 10.2. The highest BCUT2D eigenvalue weighted by Gasteiger charge is 2.01. The van der Waals surface area contributed by atoms with E-state index in [9.17, 15) is 0 Å². The van der Waals surface area contributed by atoms with E-state index in [1.54, 1.807) is 0 Å². The molecule has 0 amide bonds. The van der Waals surface area contributed by atoms with E-state index in [4.69, 9.17) is 4.74 Å². The SMILES string of the molecule is C=C(C)[C@H](C)OCc1ccccc1. The van der Waals surface area contributed by atoms with Crippen molar-refractivity contribution in [2.24, 2.45) is 0 Å². The summed E-state index contributed by atoms with van der Waals surface area (Å²) in [5.74, 6) is 0. The molecule has 13 heavy (non-hydrogen) atoms. The molecule has 0 aliphatic carbocycles. The predicted octanol–water partition coefficient (Wildman–Crippen LogP) is 3.17. The number of benzene rings is 1. The average molecular weight is 176 g/mol. The van der Waals surface area contributed by atoms with Gasteiger partial charge in [-0.15, -0.1) is 0 Å². The fourth-order valence-electron chi connectivity index (χ4n) is 0.938. The standard InChI is InChI=1S/C12H16O/c1-10(2)11(3)13-9-12-7-5-4-6-8-12/h4-8,11H,1,9H2,2-3H3/t11-/m0/s1. The van der Waals surface area contributed by atoms with E-state index >= 15 is 0 Å². The van der Waals surface area contributed by atoms with Crippen LogP contribution in [0.3, 0.4) is 0 Å². The van der Waals surface area contributed by atoms with Crippen molar-refractivity contribution in [1.82, 2.24) is 0 Å². The minimum Gasteiger partial charge on any atom is -0.370 e. The van der Waals surface area contributed by atoms with Crippen molar-refractivity contribution in [2.45, 2.75) is 26.6 Å². The van der Waals surface area contributed by atoms with Crippen LogP contribution >= 0.6 is 0 Å². The Morgan fingerprint density at radius 3 is 2.54 bits per heavy atom. The maximum absolute atomic E-state index is 5.59. The molecule has 70 valence electrons. The van der Waals surface area contributed by atoms with E-state index in [1.807, 2.05) is 32.0 Å². The first-order valence-electron chi connectivity index (χ1n) is 4.51. The van der Waals surface area contributed by atoms with Gasteiger partial charge in [0.2, 0.25) is 0 Å². The minimum absolute atomic E-state index is 0.139. The first-order chi connectivity index (χ1) is 6.20. The molecule has 1 nitrogen and oxygen atoms in total. The number of hydrogen-bond donors (Lipinski definition) is 0. The molecule has 0 spiro atoms. The molecule has 0 aromatic heterocycles. The predicted molar refractivity (Wildman–Crippen MR) is 55.5 cm³/mol. The van der Waals surface area contributed by atoms with Crippen LogP contribution in [0.1, 0.15) is 19.4 Å². The molecule has 1 heteroatoms. The van der Waals surface area contributed by atoms with E-state index in [0.29, 0.717) is 6.61 Å². The van der Waals surface area contributed by atoms with E-state index < -0.39 is 0 Å². The van der Waals surface area contributed by atoms with Crippen molar-refractivity contribution in [2.75, 3.05) is 0 Å². The van der Waals surface area contributed by atoms with Crippen molar-refractivity contribution in [3.63, 3.8) is 0 Å². The van der Waals surface area contributed by atoms with Crippen molar-refractivity contribution < 1.29 is 4.74 Å². The van der Waals surface area contributed by atoms with Crippen LogP contribution in [-0.4, -0.2) is 6.10 Å². The summed E-state index contributed by atoms with van der Waals surface area (Å²) in [5, 5.41) is 0. The Balaban J connectivity index is 2.39. The van der Waals surface area contributed by atoms with Gasteiger partial charge in [-0.2, -0.15) is 0 Å². The monoisotopic (exact) mass is 176 g/mol. The lowest BCUT2D eigenvalue weighted by Crippen LogP contribution is -2.08. The van der Waals surface area contributed by atoms with E-state index in [-0.39, 0.29) is 6.10 Å². The number of ether oxygens (including phenoxy) is 1. The van der Waals surface area contributed by atoms with Crippen molar-refractivity contribution in [3.8, 4) is 0 Å². The molecule has 0 unspecified atom stereocenters. The van der Waals surface area contributed by atoms with E-state index in [1.165, 1.54) is 5.56 Å². The van der Waals surface area contributed by atoms with Crippen LogP contribution in [0.25, 0.3) is 0 Å². The maximum atomic E-state index is 5.59. The van der Waals surface area contributed by atoms with Crippen LogP contribution in [-0.2, 0) is 11.3 Å². The summed E-state index contributed by atoms with van der Waals surface area (Å²) in [6, 6.07) is 10.2. The Hall–Kier alpha value is -1.08. The Labute approximate surface area is 80.0 Å². The third-order valence-corrected chi connectivity index (χ3v) is 2.04. The van der Waals surface area contributed by atoms with Gasteiger partial charge in [0.05, 0.1) is 12.7 Å². The van der Waals surface area contributed by atoms with Gasteiger partial charge in [-0.3, -0.25) is 0 Å². The van der Waals surface area contributed by atoms with Crippen LogP contribution in [0.15, 0.2) is 42.5 Å². The van der Waals surface area contributed by atoms with Gasteiger partial charge in [-0.25, -0.2) is 0 Å². The van der Waals surface area contributed by atoms with Gasteiger partial charge < -0.3 is 4.74 Å². The van der Waals surface area contributed by atoms with Crippen molar-refractivity contribution >= 4 is 0 Å². The first kappa shape index (κ1) is 10.0. The summed E-state index contributed by atoms with van der Waals surface area (Å²) in [5.41, 5.74) is 2.27. The average Bonchev–Trinajstić information content (AvgIpc) is 2.15. The molecular formula is C12H16O. The van der Waals surface area contributed by atoms with Crippen LogP contribution in [0.4, 0.5) is 0 Å². The summed E-state index contributed by atoms with van der Waals surface area (Å²) in [6.45, 7) is 8.50. The second kappa shape index (κ2) is 4.83. The smallest absolute Gasteiger partial charge is 0.0756 e. The van der Waals surface area contributed by atoms with Gasteiger partial charge in [0.25, 0.3) is 0 Å². The lowest BCUT2D eigenvalue weighted by molar-refractivity contribution is 0.0769. The Kier molecular flexibility index (Phi) is 3.71. The van der Waals surface area contributed by atoms with E-state index in [2.05, 4.69) is 18.7 Å². The molecule has 1 atom stereocenters. The topological polar surface area (TPSA) is 9.23 Å². The molecule has 0 aliphatic heterocycles. The van der Waals surface area contributed by atoms with Gasteiger partial charge in [0, 0.05) is 0 Å². The summed E-state index contributed by atoms with van der Waals surface area (Å²) < 4.78 is 5.59. The summed E-state index contributed by atoms with van der Waals surface area (Å²) in [7, 11) is 0. The van der Waals surface area contributed by atoms with E-state index in [0.717, 1.165) is 5.57 Å². The Morgan fingerprint density at radius 1 is 1.38 bits per heavy atom. The molecule has 0 saturated carbocycles. The van der Waals surface area contributed by atoms with Crippen LogP contribution < -0.4 is 0 Å². The van der Waals surface area contributed by atoms with Crippen molar-refractivity contribution in [1.29, 1.82) is 0 Å². The minimum atomic E-state index is 0.139. The first-order valence-corrected chi connectivity index (χ1v) is 4.51. The molecule has 0 aliphatic rings. The second-order valence-corrected chi connectivity index (χ2v) is 3.29. The number of hydrogen-bond acceptors (Lipinski definition) is 1. The zero-order valence-electron chi connectivity index (χ0n) is 8.29.